The van der Waals surface area contributed by atoms with E-state index in [4.69, 9.17) is 4.74 Å². The number of hydrogen-bond donors (Lipinski definition) is 0. The van der Waals surface area contributed by atoms with Gasteiger partial charge in [0, 0.05) is 31.3 Å². The number of rotatable bonds is 6. The van der Waals surface area contributed by atoms with Gasteiger partial charge in [-0.3, -0.25) is 9.59 Å². The molecule has 0 saturated heterocycles. The van der Waals surface area contributed by atoms with Crippen LogP contribution < -0.4 is 0 Å². The molecule has 4 rings (SSSR count). The summed E-state index contributed by atoms with van der Waals surface area (Å²) < 4.78 is 6.53. The van der Waals surface area contributed by atoms with E-state index >= 15 is 0 Å². The first-order chi connectivity index (χ1) is 16.4. The maximum Gasteiger partial charge on any atom is 0.410 e. The van der Waals surface area contributed by atoms with Crippen LogP contribution in [0.4, 0.5) is 4.79 Å². The minimum absolute atomic E-state index is 0.0507. The highest BCUT2D eigenvalue weighted by Gasteiger charge is 2.63. The smallest absolute Gasteiger partial charge is 0.410 e. The lowest BCUT2D eigenvalue weighted by molar-refractivity contribution is -0.146. The molecule has 196 valence electrons. The predicted molar refractivity (Wildman–Crippen MR) is 138 cm³/mol. The van der Waals surface area contributed by atoms with E-state index in [0.29, 0.717) is 43.2 Å². The van der Waals surface area contributed by atoms with E-state index in [1.165, 1.54) is 5.57 Å². The van der Waals surface area contributed by atoms with Crippen molar-refractivity contribution in [3.8, 4) is 0 Å². The first-order valence-corrected chi connectivity index (χ1v) is 14.1. The number of allylic oxidation sites excluding steroid dienone is 1. The zero-order valence-electron chi connectivity index (χ0n) is 23.1. The number of amides is 1. The molecule has 3 saturated carbocycles. The van der Waals surface area contributed by atoms with Crippen molar-refractivity contribution in [2.24, 2.45) is 46.3 Å². The van der Waals surface area contributed by atoms with Gasteiger partial charge in [0.1, 0.15) is 11.9 Å². The van der Waals surface area contributed by atoms with Gasteiger partial charge in [-0.15, -0.1) is 0 Å². The third-order valence-electron chi connectivity index (χ3n) is 10.0. The van der Waals surface area contributed by atoms with Gasteiger partial charge in [0.25, 0.3) is 0 Å². The van der Waals surface area contributed by atoms with Gasteiger partial charge in [0.15, 0.2) is 5.78 Å². The Labute approximate surface area is 212 Å². The number of fused-ring (bicyclic) bond motifs is 5. The summed E-state index contributed by atoms with van der Waals surface area (Å²) in [6, 6.07) is 0. The summed E-state index contributed by atoms with van der Waals surface area (Å²) in [7, 11) is 0. The van der Waals surface area contributed by atoms with Gasteiger partial charge < -0.3 is 9.64 Å². The summed E-state index contributed by atoms with van der Waals surface area (Å²) in [5, 5.41) is 0. The summed E-state index contributed by atoms with van der Waals surface area (Å²) in [5.41, 5.74) is 1.03. The van der Waals surface area contributed by atoms with Crippen LogP contribution in [0, 0.1) is 46.3 Å². The maximum atomic E-state index is 13.7. The maximum absolute atomic E-state index is 13.7. The van der Waals surface area contributed by atoms with Crippen molar-refractivity contribution in [2.45, 2.75) is 99.5 Å². The fourth-order valence-corrected chi connectivity index (χ4v) is 8.74. The minimum atomic E-state index is -0.225. The Bertz CT molecular complexity index is 881. The highest BCUT2D eigenvalue weighted by atomic mass is 16.6. The Balaban J connectivity index is 1.71. The van der Waals surface area contributed by atoms with Crippen LogP contribution in [0.15, 0.2) is 11.6 Å². The number of nitrogens with zero attached hydrogens (tertiary/aromatic N) is 1. The standard InChI is InChI=1S/C30H47NO4/c1-18(2)16-31(17-19(3)4)28(34)35-26-15-30(7)24(20(5)32)10-11-25(30)23-9-8-21-14-22(33)12-13-29(21,6)27(23)26/h14,18-19,23-27H,8-13,15-17H2,1-7H3/t23?,24-,25?,26?,27?,29+,30-/m1/s1. The van der Waals surface area contributed by atoms with Crippen LogP contribution in [0.5, 0.6) is 0 Å². The molecule has 0 N–H and O–H groups in total. The minimum Gasteiger partial charge on any atom is -0.446 e. The molecule has 0 aromatic rings. The first kappa shape index (κ1) is 26.4. The van der Waals surface area contributed by atoms with E-state index in [-0.39, 0.29) is 46.4 Å². The number of Topliss-reactive ketones (excluding diaryl/α,β-unsaturated/α-hetero) is 1. The van der Waals surface area contributed by atoms with E-state index in [0.717, 1.165) is 38.5 Å². The van der Waals surface area contributed by atoms with E-state index < -0.39 is 0 Å². The normalized spacial score (nSPS) is 38.5. The summed E-state index contributed by atoms with van der Waals surface area (Å²) in [6.45, 7) is 16.3. The fraction of sp³-hybridized carbons (Fsp3) is 0.833. The van der Waals surface area contributed by atoms with Gasteiger partial charge in [-0.1, -0.05) is 47.1 Å². The molecule has 0 spiro atoms. The number of hydrogen-bond acceptors (Lipinski definition) is 4. The average Bonchev–Trinajstić information content (AvgIpc) is 3.09. The number of ether oxygens (including phenoxy) is 1. The Hall–Kier alpha value is -1.65. The molecule has 1 amide bonds. The average molecular weight is 486 g/mol. The molecule has 5 heteroatoms. The quantitative estimate of drug-likeness (QED) is 0.433. The second kappa shape index (κ2) is 9.67. The molecule has 7 atom stereocenters. The van der Waals surface area contributed by atoms with Crippen LogP contribution in [0.1, 0.15) is 93.4 Å². The predicted octanol–water partition coefficient (Wildman–Crippen LogP) is 6.45. The van der Waals surface area contributed by atoms with Crippen LogP contribution >= 0.6 is 0 Å². The van der Waals surface area contributed by atoms with Gasteiger partial charge in [-0.05, 0) is 86.0 Å². The van der Waals surface area contributed by atoms with Gasteiger partial charge in [-0.25, -0.2) is 4.79 Å². The van der Waals surface area contributed by atoms with Crippen molar-refractivity contribution in [1.82, 2.24) is 4.90 Å². The largest absolute Gasteiger partial charge is 0.446 e. The molecular formula is C30H47NO4. The molecule has 0 bridgehead atoms. The van der Waals surface area contributed by atoms with Crippen LogP contribution in [0.2, 0.25) is 0 Å². The Morgan fingerprint density at radius 2 is 1.71 bits per heavy atom. The van der Waals surface area contributed by atoms with Gasteiger partial charge in [0.2, 0.25) is 0 Å². The molecular weight excluding hydrogens is 438 g/mol. The topological polar surface area (TPSA) is 63.7 Å². The second-order valence-corrected chi connectivity index (χ2v) is 13.5. The highest BCUT2D eigenvalue weighted by molar-refractivity contribution is 5.91. The molecule has 35 heavy (non-hydrogen) atoms. The Morgan fingerprint density at radius 3 is 2.31 bits per heavy atom. The van der Waals surface area contributed by atoms with Crippen molar-refractivity contribution in [3.63, 3.8) is 0 Å². The SMILES string of the molecule is CC(=O)[C@H]1CCC2C3CCC4=CC(=O)CC[C@]4(C)C3C(OC(=O)N(CC(C)C)CC(C)C)C[C@@]21C. The zero-order chi connectivity index (χ0) is 25.7. The van der Waals surface area contributed by atoms with Crippen LogP contribution in [0.3, 0.4) is 0 Å². The van der Waals surface area contributed by atoms with E-state index in [2.05, 4.69) is 41.5 Å². The molecule has 0 radical (unpaired) electrons. The monoisotopic (exact) mass is 485 g/mol. The lowest BCUT2D eigenvalue weighted by Gasteiger charge is -2.60. The van der Waals surface area contributed by atoms with Gasteiger partial charge >= 0.3 is 6.09 Å². The third-order valence-corrected chi connectivity index (χ3v) is 10.0. The first-order valence-electron chi connectivity index (χ1n) is 14.1. The lowest BCUT2D eigenvalue weighted by Crippen LogP contribution is -2.58. The number of carbonyl (C=O) groups excluding carboxylic acids is 3. The van der Waals surface area contributed by atoms with Crippen molar-refractivity contribution < 1.29 is 19.1 Å². The van der Waals surface area contributed by atoms with Crippen LogP contribution in [0.25, 0.3) is 0 Å². The molecule has 4 unspecified atom stereocenters. The summed E-state index contributed by atoms with van der Waals surface area (Å²) in [4.78, 5) is 40.6. The van der Waals surface area contributed by atoms with E-state index in [9.17, 15) is 14.4 Å². The molecule has 0 aromatic heterocycles. The molecule has 0 aliphatic heterocycles. The molecule has 3 fully saturated rings. The molecule has 4 aliphatic rings. The summed E-state index contributed by atoms with van der Waals surface area (Å²) in [6.07, 6.45) is 7.66. The number of ketones is 2. The Morgan fingerprint density at radius 1 is 1.06 bits per heavy atom. The molecule has 0 aromatic carbocycles. The fourth-order valence-electron chi connectivity index (χ4n) is 8.74. The van der Waals surface area contributed by atoms with E-state index in [1.807, 2.05) is 11.0 Å². The van der Waals surface area contributed by atoms with Crippen LogP contribution in [-0.2, 0) is 14.3 Å². The summed E-state index contributed by atoms with van der Waals surface area (Å²) in [5.74, 6) is 2.42. The molecule has 5 nitrogen and oxygen atoms in total. The molecule has 4 aliphatic carbocycles. The van der Waals surface area contributed by atoms with Gasteiger partial charge in [-0.2, -0.15) is 0 Å². The van der Waals surface area contributed by atoms with Crippen molar-refractivity contribution >= 4 is 17.7 Å². The zero-order valence-corrected chi connectivity index (χ0v) is 23.1. The van der Waals surface area contributed by atoms with Gasteiger partial charge in [0.05, 0.1) is 0 Å². The lowest BCUT2D eigenvalue weighted by atomic mass is 9.46. The van der Waals surface area contributed by atoms with Crippen molar-refractivity contribution in [3.05, 3.63) is 11.6 Å². The third kappa shape index (κ3) is 4.73. The van der Waals surface area contributed by atoms with Crippen molar-refractivity contribution in [1.29, 1.82) is 0 Å². The molecule has 0 heterocycles. The number of carbonyl (C=O) groups is 3. The Kier molecular flexibility index (Phi) is 7.30. The van der Waals surface area contributed by atoms with Crippen molar-refractivity contribution in [2.75, 3.05) is 13.1 Å². The highest BCUT2D eigenvalue weighted by Crippen LogP contribution is 2.67. The van der Waals surface area contributed by atoms with E-state index in [1.54, 1.807) is 6.92 Å². The van der Waals surface area contributed by atoms with Crippen LogP contribution in [-0.4, -0.2) is 41.8 Å². The summed E-state index contributed by atoms with van der Waals surface area (Å²) >= 11 is 0. The second-order valence-electron chi connectivity index (χ2n) is 13.5.